The second-order valence-corrected chi connectivity index (χ2v) is 7.40. The van der Waals surface area contributed by atoms with Crippen molar-refractivity contribution in [3.05, 3.63) is 23.8 Å². The van der Waals surface area contributed by atoms with E-state index in [1.807, 2.05) is 23.1 Å². The van der Waals surface area contributed by atoms with Gasteiger partial charge in [0.2, 0.25) is 0 Å². The van der Waals surface area contributed by atoms with Crippen molar-refractivity contribution in [1.82, 2.24) is 13.6 Å². The maximum Gasteiger partial charge on any atom is 0.256 e. The molecule has 5 heteroatoms. The quantitative estimate of drug-likeness (QED) is 0.809. The van der Waals surface area contributed by atoms with Crippen molar-refractivity contribution in [1.29, 1.82) is 0 Å². The van der Waals surface area contributed by atoms with Gasteiger partial charge in [-0.25, -0.2) is 0 Å². The van der Waals surface area contributed by atoms with Crippen molar-refractivity contribution in [2.75, 3.05) is 13.1 Å². The standard InChI is InChI=1S/C16H21N3OS/c1-16(2,3)11-7-9-19(10-8-11)15(20)12-5-4-6-13-14(12)18-21-17-13/h4-6,11H,7-10H2,1-3H3. The SMILES string of the molecule is CC(C)(C)C1CCN(C(=O)c2cccc3nsnc23)CC1. The molecule has 21 heavy (non-hydrogen) atoms. The highest BCUT2D eigenvalue weighted by molar-refractivity contribution is 7.00. The Balaban J connectivity index is 1.77. The van der Waals surface area contributed by atoms with Crippen LogP contribution in [0.2, 0.25) is 0 Å². The zero-order valence-corrected chi connectivity index (χ0v) is 13.6. The van der Waals surface area contributed by atoms with Crippen LogP contribution in [0, 0.1) is 11.3 Å². The first-order valence-corrected chi connectivity index (χ1v) is 8.20. The van der Waals surface area contributed by atoms with Crippen LogP contribution in [-0.2, 0) is 0 Å². The van der Waals surface area contributed by atoms with Crippen molar-refractivity contribution in [3.8, 4) is 0 Å². The van der Waals surface area contributed by atoms with Gasteiger partial charge in [-0.05, 0) is 36.3 Å². The van der Waals surface area contributed by atoms with E-state index in [1.54, 1.807) is 0 Å². The van der Waals surface area contributed by atoms with E-state index >= 15 is 0 Å². The van der Waals surface area contributed by atoms with Gasteiger partial charge in [-0.3, -0.25) is 4.79 Å². The number of carbonyl (C=O) groups is 1. The van der Waals surface area contributed by atoms with Gasteiger partial charge in [0, 0.05) is 13.1 Å². The Bertz CT molecular complexity index is 651. The van der Waals surface area contributed by atoms with E-state index in [4.69, 9.17) is 0 Å². The smallest absolute Gasteiger partial charge is 0.256 e. The minimum Gasteiger partial charge on any atom is -0.339 e. The lowest BCUT2D eigenvalue weighted by Crippen LogP contribution is -2.41. The molecule has 1 aliphatic heterocycles. The molecule has 0 unspecified atom stereocenters. The maximum atomic E-state index is 12.7. The van der Waals surface area contributed by atoms with Crippen LogP contribution in [0.25, 0.3) is 11.0 Å². The molecule has 1 aliphatic rings. The zero-order valence-electron chi connectivity index (χ0n) is 12.8. The van der Waals surface area contributed by atoms with Gasteiger partial charge in [0.05, 0.1) is 17.3 Å². The summed E-state index contributed by atoms with van der Waals surface area (Å²) in [4.78, 5) is 14.7. The third-order valence-corrected chi connectivity index (χ3v) is 5.07. The molecule has 0 radical (unpaired) electrons. The second kappa shape index (κ2) is 5.37. The normalized spacial score (nSPS) is 17.4. The minimum atomic E-state index is 0.0978. The molecule has 0 aliphatic carbocycles. The summed E-state index contributed by atoms with van der Waals surface area (Å²) in [6.45, 7) is 8.55. The van der Waals surface area contributed by atoms with Crippen LogP contribution in [0.4, 0.5) is 0 Å². The molecule has 4 nitrogen and oxygen atoms in total. The summed E-state index contributed by atoms with van der Waals surface area (Å²) in [7, 11) is 0. The maximum absolute atomic E-state index is 12.7. The Labute approximate surface area is 129 Å². The summed E-state index contributed by atoms with van der Waals surface area (Å²) < 4.78 is 8.48. The summed E-state index contributed by atoms with van der Waals surface area (Å²) in [6.07, 6.45) is 2.17. The highest BCUT2D eigenvalue weighted by Crippen LogP contribution is 2.34. The molecule has 3 rings (SSSR count). The highest BCUT2D eigenvalue weighted by atomic mass is 32.1. The Morgan fingerprint density at radius 3 is 2.62 bits per heavy atom. The van der Waals surface area contributed by atoms with Gasteiger partial charge in [-0.2, -0.15) is 8.75 Å². The molecule has 2 aromatic rings. The Morgan fingerprint density at radius 2 is 1.95 bits per heavy atom. The van der Waals surface area contributed by atoms with Crippen molar-refractivity contribution < 1.29 is 4.79 Å². The molecule has 1 fully saturated rings. The number of hydrogen-bond donors (Lipinski definition) is 0. The molecular weight excluding hydrogens is 282 g/mol. The number of benzene rings is 1. The topological polar surface area (TPSA) is 46.1 Å². The van der Waals surface area contributed by atoms with Crippen LogP contribution in [0.15, 0.2) is 18.2 Å². The summed E-state index contributed by atoms with van der Waals surface area (Å²) >= 11 is 1.16. The van der Waals surface area contributed by atoms with Gasteiger partial charge in [-0.1, -0.05) is 26.8 Å². The number of piperidine rings is 1. The van der Waals surface area contributed by atoms with E-state index in [0.717, 1.165) is 48.7 Å². The lowest BCUT2D eigenvalue weighted by Gasteiger charge is -2.38. The Kier molecular flexibility index (Phi) is 3.69. The van der Waals surface area contributed by atoms with E-state index in [2.05, 4.69) is 29.5 Å². The summed E-state index contributed by atoms with van der Waals surface area (Å²) in [5.74, 6) is 0.791. The van der Waals surface area contributed by atoms with Gasteiger partial charge in [0.25, 0.3) is 5.91 Å². The molecule has 0 saturated carbocycles. The molecule has 112 valence electrons. The van der Waals surface area contributed by atoms with E-state index in [-0.39, 0.29) is 5.91 Å². The number of likely N-dealkylation sites (tertiary alicyclic amines) is 1. The Hall–Kier alpha value is -1.49. The Morgan fingerprint density at radius 1 is 1.24 bits per heavy atom. The van der Waals surface area contributed by atoms with Crippen LogP contribution < -0.4 is 0 Å². The lowest BCUT2D eigenvalue weighted by atomic mass is 9.75. The largest absolute Gasteiger partial charge is 0.339 e. The summed E-state index contributed by atoms with van der Waals surface area (Å²) in [5, 5.41) is 0. The lowest BCUT2D eigenvalue weighted by molar-refractivity contribution is 0.0610. The number of hydrogen-bond acceptors (Lipinski definition) is 4. The first-order chi connectivity index (χ1) is 9.97. The van der Waals surface area contributed by atoms with E-state index in [0.29, 0.717) is 16.9 Å². The number of nitrogens with zero attached hydrogens (tertiary/aromatic N) is 3. The first-order valence-electron chi connectivity index (χ1n) is 7.47. The molecule has 1 amide bonds. The molecule has 0 N–H and O–H groups in total. The van der Waals surface area contributed by atoms with Crippen molar-refractivity contribution >= 4 is 28.7 Å². The fourth-order valence-electron chi connectivity index (χ4n) is 3.10. The van der Waals surface area contributed by atoms with Crippen molar-refractivity contribution in [2.45, 2.75) is 33.6 Å². The van der Waals surface area contributed by atoms with Gasteiger partial charge >= 0.3 is 0 Å². The van der Waals surface area contributed by atoms with Gasteiger partial charge in [0.1, 0.15) is 11.0 Å². The van der Waals surface area contributed by atoms with Crippen LogP contribution in [0.3, 0.4) is 0 Å². The number of amides is 1. The third kappa shape index (κ3) is 2.79. The number of aromatic nitrogens is 2. The van der Waals surface area contributed by atoms with E-state index in [1.165, 1.54) is 0 Å². The van der Waals surface area contributed by atoms with Gasteiger partial charge in [-0.15, -0.1) is 0 Å². The molecule has 0 atom stereocenters. The van der Waals surface area contributed by atoms with Crippen molar-refractivity contribution in [3.63, 3.8) is 0 Å². The zero-order chi connectivity index (χ0) is 15.0. The molecular formula is C16H21N3OS. The van der Waals surface area contributed by atoms with Gasteiger partial charge < -0.3 is 4.90 Å². The number of rotatable bonds is 1. The highest BCUT2D eigenvalue weighted by Gasteiger charge is 2.31. The number of carbonyl (C=O) groups excluding carboxylic acids is 1. The predicted octanol–water partition coefficient (Wildman–Crippen LogP) is 3.59. The van der Waals surface area contributed by atoms with Crippen LogP contribution in [-0.4, -0.2) is 32.6 Å². The molecule has 0 bridgehead atoms. The molecule has 1 aromatic heterocycles. The summed E-state index contributed by atoms with van der Waals surface area (Å²) in [5.41, 5.74) is 2.57. The van der Waals surface area contributed by atoms with E-state index < -0.39 is 0 Å². The number of fused-ring (bicyclic) bond motifs is 1. The monoisotopic (exact) mass is 303 g/mol. The second-order valence-electron chi connectivity index (χ2n) is 6.87. The molecule has 0 spiro atoms. The molecule has 2 heterocycles. The minimum absolute atomic E-state index is 0.0978. The molecule has 1 aromatic carbocycles. The fraction of sp³-hybridized carbons (Fsp3) is 0.562. The van der Waals surface area contributed by atoms with Crippen LogP contribution in [0.1, 0.15) is 44.0 Å². The summed E-state index contributed by atoms with van der Waals surface area (Å²) in [6, 6.07) is 5.65. The van der Waals surface area contributed by atoms with Crippen molar-refractivity contribution in [2.24, 2.45) is 11.3 Å². The average Bonchev–Trinajstić information content (AvgIpc) is 2.94. The average molecular weight is 303 g/mol. The first kappa shape index (κ1) is 14.4. The fourth-order valence-corrected chi connectivity index (χ4v) is 3.65. The third-order valence-electron chi connectivity index (χ3n) is 4.52. The van der Waals surface area contributed by atoms with Crippen LogP contribution >= 0.6 is 11.7 Å². The molecule has 1 saturated heterocycles. The van der Waals surface area contributed by atoms with Crippen LogP contribution in [0.5, 0.6) is 0 Å². The van der Waals surface area contributed by atoms with Gasteiger partial charge in [0.15, 0.2) is 0 Å². The van der Waals surface area contributed by atoms with E-state index in [9.17, 15) is 4.79 Å². The predicted molar refractivity (Wildman–Crippen MR) is 85.5 cm³/mol.